The van der Waals surface area contributed by atoms with Crippen molar-refractivity contribution in [2.45, 2.75) is 19.8 Å². The lowest BCUT2D eigenvalue weighted by Gasteiger charge is -2.29. The van der Waals surface area contributed by atoms with E-state index in [9.17, 15) is 0 Å². The second-order valence-electron chi connectivity index (χ2n) is 4.92. The Kier molecular flexibility index (Phi) is 4.81. The zero-order chi connectivity index (χ0) is 12.8. The van der Waals surface area contributed by atoms with Gasteiger partial charge in [-0.25, -0.2) is 0 Å². The van der Waals surface area contributed by atoms with Crippen LogP contribution in [0.5, 0.6) is 5.88 Å². The summed E-state index contributed by atoms with van der Waals surface area (Å²) >= 11 is 0. The van der Waals surface area contributed by atoms with Crippen LogP contribution in [0.3, 0.4) is 0 Å². The zero-order valence-electron chi connectivity index (χ0n) is 11.4. The number of aromatic nitrogens is 1. The van der Waals surface area contributed by atoms with Crippen molar-refractivity contribution >= 4 is 5.82 Å². The van der Waals surface area contributed by atoms with E-state index in [2.05, 4.69) is 22.2 Å². The lowest BCUT2D eigenvalue weighted by molar-refractivity contribution is 0.226. The summed E-state index contributed by atoms with van der Waals surface area (Å²) in [5.74, 6) is 2.38. The van der Waals surface area contributed by atoms with Gasteiger partial charge in [0.05, 0.1) is 6.61 Å². The molecule has 0 unspecified atom stereocenters. The third-order valence-corrected chi connectivity index (χ3v) is 3.43. The highest BCUT2D eigenvalue weighted by atomic mass is 16.5. The number of hydrogen-bond donors (Lipinski definition) is 1. The number of rotatable bonds is 5. The van der Waals surface area contributed by atoms with Crippen molar-refractivity contribution in [3.05, 3.63) is 18.2 Å². The van der Waals surface area contributed by atoms with Crippen LogP contribution >= 0.6 is 0 Å². The Morgan fingerprint density at radius 1 is 1.39 bits per heavy atom. The van der Waals surface area contributed by atoms with Gasteiger partial charge in [-0.2, -0.15) is 4.98 Å². The number of ether oxygens (including phenoxy) is 1. The molecule has 100 valence electrons. The van der Waals surface area contributed by atoms with E-state index < -0.39 is 0 Å². The molecule has 1 aromatic rings. The molecule has 2 rings (SSSR count). The maximum Gasteiger partial charge on any atom is 0.215 e. The molecular formula is C14H23N3O. The number of anilines is 1. The fraction of sp³-hybridized carbons (Fsp3) is 0.643. The molecule has 0 atom stereocenters. The van der Waals surface area contributed by atoms with Crippen LogP contribution in [0.4, 0.5) is 5.82 Å². The molecule has 0 spiro atoms. The number of nitrogens with one attached hydrogen (secondary N) is 1. The van der Waals surface area contributed by atoms with Gasteiger partial charge in [0.1, 0.15) is 5.82 Å². The van der Waals surface area contributed by atoms with Gasteiger partial charge in [0.15, 0.2) is 0 Å². The van der Waals surface area contributed by atoms with E-state index in [1.54, 1.807) is 0 Å². The first-order chi connectivity index (χ1) is 8.78. The highest BCUT2D eigenvalue weighted by Crippen LogP contribution is 2.17. The summed E-state index contributed by atoms with van der Waals surface area (Å²) < 4.78 is 5.39. The summed E-state index contributed by atoms with van der Waals surface area (Å²) in [5, 5.41) is 3.42. The van der Waals surface area contributed by atoms with E-state index in [1.807, 2.05) is 25.1 Å². The molecular weight excluding hydrogens is 226 g/mol. The lowest BCUT2D eigenvalue weighted by atomic mass is 9.97. The minimum Gasteiger partial charge on any atom is -0.478 e. The van der Waals surface area contributed by atoms with Crippen LogP contribution in [0, 0.1) is 5.92 Å². The largest absolute Gasteiger partial charge is 0.478 e. The molecule has 0 saturated carbocycles. The van der Waals surface area contributed by atoms with E-state index in [0.29, 0.717) is 12.5 Å². The first-order valence-electron chi connectivity index (χ1n) is 6.80. The van der Waals surface area contributed by atoms with Gasteiger partial charge in [-0.3, -0.25) is 0 Å². The van der Waals surface area contributed by atoms with Gasteiger partial charge >= 0.3 is 0 Å². The molecule has 0 aliphatic carbocycles. The van der Waals surface area contributed by atoms with Gasteiger partial charge < -0.3 is 15.0 Å². The van der Waals surface area contributed by atoms with Gasteiger partial charge in [0.25, 0.3) is 0 Å². The summed E-state index contributed by atoms with van der Waals surface area (Å²) in [6.45, 7) is 6.06. The molecule has 2 heterocycles. The molecule has 0 bridgehead atoms. The lowest BCUT2D eigenvalue weighted by Crippen LogP contribution is -2.33. The number of pyridine rings is 1. The average molecular weight is 249 g/mol. The second-order valence-corrected chi connectivity index (χ2v) is 4.92. The fourth-order valence-electron chi connectivity index (χ4n) is 2.26. The third kappa shape index (κ3) is 3.88. The van der Waals surface area contributed by atoms with Gasteiger partial charge in [0.2, 0.25) is 5.88 Å². The van der Waals surface area contributed by atoms with E-state index in [4.69, 9.17) is 4.74 Å². The summed E-state index contributed by atoms with van der Waals surface area (Å²) in [4.78, 5) is 6.81. The number of nitrogens with zero attached hydrogens (tertiary/aromatic N) is 2. The van der Waals surface area contributed by atoms with Crippen LogP contribution < -0.4 is 10.1 Å². The quantitative estimate of drug-likeness (QED) is 0.868. The van der Waals surface area contributed by atoms with Crippen LogP contribution in [0.1, 0.15) is 19.8 Å². The Labute approximate surface area is 109 Å². The number of hydrogen-bond acceptors (Lipinski definition) is 4. The SMILES string of the molecule is CCOc1cccc(NCC2CCN(C)CC2)n1. The topological polar surface area (TPSA) is 37.4 Å². The van der Waals surface area contributed by atoms with E-state index in [-0.39, 0.29) is 0 Å². The number of piperidine rings is 1. The Hall–Kier alpha value is -1.29. The zero-order valence-corrected chi connectivity index (χ0v) is 11.4. The minimum absolute atomic E-state index is 0.658. The van der Waals surface area contributed by atoms with Gasteiger partial charge in [-0.1, -0.05) is 6.07 Å². The Morgan fingerprint density at radius 3 is 2.89 bits per heavy atom. The minimum atomic E-state index is 0.658. The van der Waals surface area contributed by atoms with Crippen LogP contribution in [-0.4, -0.2) is 43.2 Å². The predicted octanol–water partition coefficient (Wildman–Crippen LogP) is 2.23. The fourth-order valence-corrected chi connectivity index (χ4v) is 2.26. The maximum absolute atomic E-state index is 5.39. The van der Waals surface area contributed by atoms with Crippen molar-refractivity contribution in [2.24, 2.45) is 5.92 Å². The van der Waals surface area contributed by atoms with Crippen LogP contribution in [0.2, 0.25) is 0 Å². The monoisotopic (exact) mass is 249 g/mol. The summed E-state index contributed by atoms with van der Waals surface area (Å²) in [6, 6.07) is 5.87. The van der Waals surface area contributed by atoms with Crippen LogP contribution in [0.25, 0.3) is 0 Å². The summed E-state index contributed by atoms with van der Waals surface area (Å²) in [6.07, 6.45) is 2.54. The summed E-state index contributed by atoms with van der Waals surface area (Å²) in [7, 11) is 2.19. The van der Waals surface area contributed by atoms with Crippen molar-refractivity contribution < 1.29 is 4.74 Å². The molecule has 4 heteroatoms. The molecule has 18 heavy (non-hydrogen) atoms. The molecule has 0 radical (unpaired) electrons. The molecule has 1 aliphatic heterocycles. The van der Waals surface area contributed by atoms with E-state index in [1.165, 1.54) is 25.9 Å². The first kappa shape index (κ1) is 13.1. The van der Waals surface area contributed by atoms with Crippen molar-refractivity contribution in [3.63, 3.8) is 0 Å². The highest BCUT2D eigenvalue weighted by Gasteiger charge is 2.16. The van der Waals surface area contributed by atoms with Crippen molar-refractivity contribution in [3.8, 4) is 5.88 Å². The molecule has 1 aromatic heterocycles. The molecule has 1 fully saturated rings. The normalized spacial score (nSPS) is 17.7. The van der Waals surface area contributed by atoms with E-state index in [0.717, 1.165) is 18.3 Å². The maximum atomic E-state index is 5.39. The third-order valence-electron chi connectivity index (χ3n) is 3.43. The standard InChI is InChI=1S/C14H23N3O/c1-3-18-14-6-4-5-13(16-14)15-11-12-7-9-17(2)10-8-12/h4-6,12H,3,7-11H2,1-2H3,(H,15,16). The second kappa shape index (κ2) is 6.59. The molecule has 4 nitrogen and oxygen atoms in total. The van der Waals surface area contributed by atoms with Crippen LogP contribution in [0.15, 0.2) is 18.2 Å². The predicted molar refractivity (Wildman–Crippen MR) is 74.1 cm³/mol. The van der Waals surface area contributed by atoms with Crippen molar-refractivity contribution in [1.82, 2.24) is 9.88 Å². The van der Waals surface area contributed by atoms with Crippen LogP contribution in [-0.2, 0) is 0 Å². The van der Waals surface area contributed by atoms with Gasteiger partial charge in [-0.05, 0) is 51.9 Å². The number of likely N-dealkylation sites (tertiary alicyclic amines) is 1. The Morgan fingerprint density at radius 2 is 2.17 bits per heavy atom. The molecule has 1 saturated heterocycles. The Balaban J connectivity index is 1.80. The van der Waals surface area contributed by atoms with Crippen molar-refractivity contribution in [2.75, 3.05) is 38.6 Å². The average Bonchev–Trinajstić information content (AvgIpc) is 2.39. The van der Waals surface area contributed by atoms with Crippen molar-refractivity contribution in [1.29, 1.82) is 0 Å². The van der Waals surface area contributed by atoms with Gasteiger partial charge in [-0.15, -0.1) is 0 Å². The smallest absolute Gasteiger partial charge is 0.215 e. The van der Waals surface area contributed by atoms with Gasteiger partial charge in [0, 0.05) is 12.6 Å². The molecule has 1 aliphatic rings. The Bertz CT molecular complexity index is 362. The van der Waals surface area contributed by atoms with E-state index >= 15 is 0 Å². The first-order valence-corrected chi connectivity index (χ1v) is 6.80. The highest BCUT2D eigenvalue weighted by molar-refractivity contribution is 5.37. The summed E-state index contributed by atoms with van der Waals surface area (Å²) in [5.41, 5.74) is 0. The molecule has 1 N–H and O–H groups in total. The molecule has 0 amide bonds. The molecule has 0 aromatic carbocycles.